The van der Waals surface area contributed by atoms with E-state index >= 15 is 0 Å². The van der Waals surface area contributed by atoms with Crippen LogP contribution in [0.15, 0.2) is 30.3 Å². The molecule has 2 rings (SSSR count). The van der Waals surface area contributed by atoms with Gasteiger partial charge in [0.15, 0.2) is 16.6 Å². The highest BCUT2D eigenvalue weighted by Gasteiger charge is 2.11. The lowest BCUT2D eigenvalue weighted by Crippen LogP contribution is -2.11. The lowest BCUT2D eigenvalue weighted by molar-refractivity contribution is 0.102. The summed E-state index contributed by atoms with van der Waals surface area (Å²) >= 11 is 6.73. The number of thiazole rings is 1. The zero-order valence-electron chi connectivity index (χ0n) is 8.51. The van der Waals surface area contributed by atoms with Crippen LogP contribution in [0.25, 0.3) is 0 Å². The molecule has 2 aromatic rings. The number of halogens is 1. The fourth-order valence-corrected chi connectivity index (χ4v) is 2.16. The van der Waals surface area contributed by atoms with E-state index < -0.39 is 0 Å². The second-order valence-electron chi connectivity index (χ2n) is 3.11. The summed E-state index contributed by atoms with van der Waals surface area (Å²) in [6.07, 6.45) is 0.609. The number of aldehydes is 1. The summed E-state index contributed by atoms with van der Waals surface area (Å²) in [5.74, 6) is -0.284. The van der Waals surface area contributed by atoms with Crippen molar-refractivity contribution in [3.8, 4) is 0 Å². The summed E-state index contributed by atoms with van der Waals surface area (Å²) in [5, 5.41) is 2.99. The number of nitrogens with zero attached hydrogens (tertiary/aromatic N) is 1. The molecule has 17 heavy (non-hydrogen) atoms. The topological polar surface area (TPSA) is 59.1 Å². The van der Waals surface area contributed by atoms with Crippen LogP contribution in [0.4, 0.5) is 5.13 Å². The van der Waals surface area contributed by atoms with E-state index in [-0.39, 0.29) is 11.1 Å². The predicted molar refractivity (Wildman–Crippen MR) is 66.9 cm³/mol. The van der Waals surface area contributed by atoms with E-state index in [1.54, 1.807) is 24.3 Å². The Kier molecular flexibility index (Phi) is 3.51. The number of carbonyl (C=O) groups excluding carboxylic acids is 2. The van der Waals surface area contributed by atoms with E-state index in [1.165, 1.54) is 0 Å². The van der Waals surface area contributed by atoms with E-state index in [0.29, 0.717) is 21.9 Å². The molecule has 0 aliphatic heterocycles. The van der Waals surface area contributed by atoms with Crippen molar-refractivity contribution in [1.82, 2.24) is 4.98 Å². The Labute approximate surface area is 106 Å². The SMILES string of the molecule is O=Cc1sc(NC(=O)c2ccccc2)nc1Cl. The predicted octanol–water partition coefficient (Wildman–Crippen LogP) is 2.86. The summed E-state index contributed by atoms with van der Waals surface area (Å²) in [6.45, 7) is 0. The second kappa shape index (κ2) is 5.07. The minimum absolute atomic E-state index is 0.105. The van der Waals surface area contributed by atoms with Gasteiger partial charge in [0.25, 0.3) is 5.91 Å². The zero-order chi connectivity index (χ0) is 12.3. The van der Waals surface area contributed by atoms with Crippen LogP contribution < -0.4 is 5.32 Å². The summed E-state index contributed by atoms with van der Waals surface area (Å²) in [5.41, 5.74) is 0.520. The van der Waals surface area contributed by atoms with Gasteiger partial charge in [0.1, 0.15) is 4.88 Å². The fourth-order valence-electron chi connectivity index (χ4n) is 1.20. The van der Waals surface area contributed by atoms with Gasteiger partial charge in [-0.2, -0.15) is 0 Å². The average Bonchev–Trinajstić information content (AvgIpc) is 2.70. The van der Waals surface area contributed by atoms with Crippen LogP contribution in [0.3, 0.4) is 0 Å². The molecule has 6 heteroatoms. The van der Waals surface area contributed by atoms with Gasteiger partial charge in [-0.15, -0.1) is 0 Å². The van der Waals surface area contributed by atoms with Crippen molar-refractivity contribution in [2.45, 2.75) is 0 Å². The largest absolute Gasteiger partial charge is 0.298 e. The van der Waals surface area contributed by atoms with Gasteiger partial charge in [-0.3, -0.25) is 14.9 Å². The zero-order valence-corrected chi connectivity index (χ0v) is 10.1. The Morgan fingerprint density at radius 3 is 2.65 bits per heavy atom. The molecule has 0 aliphatic carbocycles. The summed E-state index contributed by atoms with van der Waals surface area (Å²) in [6, 6.07) is 8.72. The maximum atomic E-state index is 11.7. The van der Waals surface area contributed by atoms with Gasteiger partial charge in [-0.25, -0.2) is 4.98 Å². The molecule has 0 fully saturated rings. The molecule has 1 amide bonds. The molecule has 0 bridgehead atoms. The lowest BCUT2D eigenvalue weighted by atomic mass is 10.2. The van der Waals surface area contributed by atoms with Crippen molar-refractivity contribution in [3.63, 3.8) is 0 Å². The fraction of sp³-hybridized carbons (Fsp3) is 0. The second-order valence-corrected chi connectivity index (χ2v) is 4.50. The molecule has 0 atom stereocenters. The van der Waals surface area contributed by atoms with E-state index in [9.17, 15) is 9.59 Å². The molecule has 0 saturated carbocycles. The Morgan fingerprint density at radius 2 is 2.06 bits per heavy atom. The third-order valence-electron chi connectivity index (χ3n) is 1.97. The number of carbonyl (C=O) groups is 2. The number of anilines is 1. The standard InChI is InChI=1S/C11H7ClN2O2S/c12-9-8(6-15)17-11(13-9)14-10(16)7-4-2-1-3-5-7/h1-6H,(H,13,14,16). The summed E-state index contributed by atoms with van der Waals surface area (Å²) in [4.78, 5) is 26.5. The first-order valence-corrected chi connectivity index (χ1v) is 5.88. The van der Waals surface area contributed by atoms with Gasteiger partial charge in [0.05, 0.1) is 0 Å². The maximum Gasteiger partial charge on any atom is 0.257 e. The third-order valence-corrected chi connectivity index (χ3v) is 3.27. The van der Waals surface area contributed by atoms with Crippen molar-refractivity contribution in [2.75, 3.05) is 5.32 Å². The summed E-state index contributed by atoms with van der Waals surface area (Å²) in [7, 11) is 0. The smallest absolute Gasteiger partial charge is 0.257 e. The highest BCUT2D eigenvalue weighted by Crippen LogP contribution is 2.25. The molecule has 1 N–H and O–H groups in total. The van der Waals surface area contributed by atoms with Crippen LogP contribution in [0, 0.1) is 0 Å². The molecule has 0 saturated heterocycles. The Bertz CT molecular complexity index is 554. The van der Waals surface area contributed by atoms with Crippen molar-refractivity contribution >= 4 is 40.3 Å². The van der Waals surface area contributed by atoms with Crippen LogP contribution in [0.2, 0.25) is 5.15 Å². The Hall–Kier alpha value is -1.72. The molecule has 4 nitrogen and oxygen atoms in total. The maximum absolute atomic E-state index is 11.7. The van der Waals surface area contributed by atoms with Crippen LogP contribution >= 0.6 is 22.9 Å². The minimum atomic E-state index is -0.284. The normalized spacial score (nSPS) is 9.94. The number of hydrogen-bond acceptors (Lipinski definition) is 4. The monoisotopic (exact) mass is 266 g/mol. The van der Waals surface area contributed by atoms with Crippen molar-refractivity contribution in [1.29, 1.82) is 0 Å². The van der Waals surface area contributed by atoms with E-state index in [0.717, 1.165) is 11.3 Å². The molecule has 1 aromatic heterocycles. The number of hydrogen-bond donors (Lipinski definition) is 1. The molecule has 1 aromatic carbocycles. The average molecular weight is 267 g/mol. The third kappa shape index (κ3) is 2.69. The molecular formula is C11H7ClN2O2S. The molecule has 1 heterocycles. The summed E-state index contributed by atoms with van der Waals surface area (Å²) < 4.78 is 0. The Balaban J connectivity index is 2.16. The molecule has 86 valence electrons. The Morgan fingerprint density at radius 1 is 1.35 bits per heavy atom. The number of rotatable bonds is 3. The van der Waals surface area contributed by atoms with E-state index in [4.69, 9.17) is 11.6 Å². The van der Waals surface area contributed by atoms with Crippen LogP contribution in [-0.2, 0) is 0 Å². The van der Waals surface area contributed by atoms with E-state index in [2.05, 4.69) is 10.3 Å². The number of amides is 1. The molecule has 0 unspecified atom stereocenters. The van der Waals surface area contributed by atoms with Crippen LogP contribution in [0.5, 0.6) is 0 Å². The lowest BCUT2D eigenvalue weighted by Gasteiger charge is -2.00. The van der Waals surface area contributed by atoms with Crippen molar-refractivity contribution in [3.05, 3.63) is 45.9 Å². The van der Waals surface area contributed by atoms with Crippen LogP contribution in [-0.4, -0.2) is 17.2 Å². The minimum Gasteiger partial charge on any atom is -0.298 e. The first-order chi connectivity index (χ1) is 8.20. The first kappa shape index (κ1) is 11.8. The molecule has 0 radical (unpaired) electrons. The van der Waals surface area contributed by atoms with Gasteiger partial charge in [-0.1, -0.05) is 41.1 Å². The number of aromatic nitrogens is 1. The first-order valence-electron chi connectivity index (χ1n) is 4.68. The van der Waals surface area contributed by atoms with Crippen molar-refractivity contribution in [2.24, 2.45) is 0 Å². The van der Waals surface area contributed by atoms with Crippen LogP contribution in [0.1, 0.15) is 20.0 Å². The molecule has 0 spiro atoms. The molecular weight excluding hydrogens is 260 g/mol. The number of benzene rings is 1. The van der Waals surface area contributed by atoms with Gasteiger partial charge < -0.3 is 0 Å². The number of nitrogens with one attached hydrogen (secondary N) is 1. The van der Waals surface area contributed by atoms with Gasteiger partial charge in [0.2, 0.25) is 0 Å². The van der Waals surface area contributed by atoms with Gasteiger partial charge >= 0.3 is 0 Å². The van der Waals surface area contributed by atoms with Crippen molar-refractivity contribution < 1.29 is 9.59 Å². The van der Waals surface area contributed by atoms with Gasteiger partial charge in [-0.05, 0) is 12.1 Å². The van der Waals surface area contributed by atoms with Gasteiger partial charge in [0, 0.05) is 5.56 Å². The molecule has 0 aliphatic rings. The quantitative estimate of drug-likeness (QED) is 0.869. The van der Waals surface area contributed by atoms with E-state index in [1.807, 2.05) is 6.07 Å². The highest BCUT2D eigenvalue weighted by molar-refractivity contribution is 7.17. The highest BCUT2D eigenvalue weighted by atomic mass is 35.5.